The standard InChI is InChI=1S/C21H29ClN4O6S/c1-12(2)10-16(24-19(28)32-21(4,5)6)18-25-26-20(31-18)33(29,30)11-17(27)23-15-9-7-8-14(22)13(15)3/h7-9,12,16H,10-11H2,1-6H3,(H,23,27)(H,24,28). The molecule has 1 aromatic carbocycles. The minimum absolute atomic E-state index is 0.0979. The highest BCUT2D eigenvalue weighted by atomic mass is 35.5. The normalized spacial score (nSPS) is 13.0. The van der Waals surface area contributed by atoms with Crippen molar-refractivity contribution in [3.8, 4) is 0 Å². The Balaban J connectivity index is 2.16. The Labute approximate surface area is 198 Å². The minimum Gasteiger partial charge on any atom is -0.444 e. The van der Waals surface area contributed by atoms with Crippen molar-refractivity contribution in [3.63, 3.8) is 0 Å². The van der Waals surface area contributed by atoms with Gasteiger partial charge < -0.3 is 19.8 Å². The average molecular weight is 501 g/mol. The van der Waals surface area contributed by atoms with Crippen LogP contribution >= 0.6 is 11.6 Å². The van der Waals surface area contributed by atoms with Crippen LogP contribution in [0.1, 0.15) is 58.5 Å². The lowest BCUT2D eigenvalue weighted by atomic mass is 10.0. The molecule has 2 amide bonds. The first-order chi connectivity index (χ1) is 15.2. The molecule has 0 saturated heterocycles. The third-order valence-corrected chi connectivity index (χ3v) is 6.00. The fourth-order valence-electron chi connectivity index (χ4n) is 2.79. The molecular weight excluding hydrogens is 472 g/mol. The molecule has 1 heterocycles. The van der Waals surface area contributed by atoms with Crippen LogP contribution in [-0.2, 0) is 19.4 Å². The Bertz CT molecular complexity index is 1110. The van der Waals surface area contributed by atoms with Crippen molar-refractivity contribution in [2.24, 2.45) is 5.92 Å². The third kappa shape index (κ3) is 8.01. The van der Waals surface area contributed by atoms with Gasteiger partial charge >= 0.3 is 11.3 Å². The van der Waals surface area contributed by atoms with Crippen molar-refractivity contribution >= 4 is 39.1 Å². The number of ether oxygens (including phenoxy) is 1. The van der Waals surface area contributed by atoms with Crippen molar-refractivity contribution in [1.29, 1.82) is 0 Å². The van der Waals surface area contributed by atoms with Gasteiger partial charge in [0.2, 0.25) is 21.6 Å². The fraction of sp³-hybridized carbons (Fsp3) is 0.524. The van der Waals surface area contributed by atoms with Gasteiger partial charge in [0.15, 0.2) is 0 Å². The lowest BCUT2D eigenvalue weighted by Crippen LogP contribution is -2.35. The molecule has 0 saturated carbocycles. The molecule has 33 heavy (non-hydrogen) atoms. The molecule has 0 fully saturated rings. The number of carbonyl (C=O) groups is 2. The number of nitrogens with zero attached hydrogens (tertiary/aromatic N) is 2. The highest BCUT2D eigenvalue weighted by molar-refractivity contribution is 7.91. The summed E-state index contributed by atoms with van der Waals surface area (Å²) in [6, 6.07) is 4.13. The van der Waals surface area contributed by atoms with Gasteiger partial charge in [0.1, 0.15) is 17.4 Å². The summed E-state index contributed by atoms with van der Waals surface area (Å²) in [6.07, 6.45) is -0.304. The van der Waals surface area contributed by atoms with Gasteiger partial charge in [0.05, 0.1) is 0 Å². The van der Waals surface area contributed by atoms with Crippen molar-refractivity contribution < 1.29 is 27.2 Å². The quantitative estimate of drug-likeness (QED) is 0.552. The zero-order chi connectivity index (χ0) is 25.0. The molecule has 0 radical (unpaired) electrons. The van der Waals surface area contributed by atoms with Crippen molar-refractivity contribution in [2.45, 2.75) is 64.8 Å². The van der Waals surface area contributed by atoms with E-state index in [9.17, 15) is 18.0 Å². The summed E-state index contributed by atoms with van der Waals surface area (Å²) >= 11 is 6.02. The lowest BCUT2D eigenvalue weighted by molar-refractivity contribution is -0.113. The van der Waals surface area contributed by atoms with Crippen LogP contribution in [0.3, 0.4) is 0 Å². The number of amides is 2. The summed E-state index contributed by atoms with van der Waals surface area (Å²) in [5.41, 5.74) is 0.284. The number of rotatable bonds is 8. The average Bonchev–Trinajstić information content (AvgIpc) is 3.14. The molecule has 2 aromatic rings. The van der Waals surface area contributed by atoms with E-state index >= 15 is 0 Å². The summed E-state index contributed by atoms with van der Waals surface area (Å²) in [4.78, 5) is 24.5. The smallest absolute Gasteiger partial charge is 0.408 e. The molecule has 2 rings (SSSR count). The van der Waals surface area contributed by atoms with Crippen molar-refractivity contribution in [1.82, 2.24) is 15.5 Å². The second-order valence-corrected chi connectivity index (χ2v) is 11.2. The molecule has 182 valence electrons. The van der Waals surface area contributed by atoms with Crippen LogP contribution in [0.2, 0.25) is 5.02 Å². The highest BCUT2D eigenvalue weighted by Gasteiger charge is 2.30. The SMILES string of the molecule is Cc1c(Cl)cccc1NC(=O)CS(=O)(=O)c1nnc(C(CC(C)C)NC(=O)OC(C)(C)C)o1. The molecule has 0 aliphatic rings. The van der Waals surface area contributed by atoms with E-state index in [2.05, 4.69) is 20.8 Å². The number of sulfone groups is 1. The first-order valence-electron chi connectivity index (χ1n) is 10.3. The Morgan fingerprint density at radius 2 is 1.88 bits per heavy atom. The molecule has 2 N–H and O–H groups in total. The molecule has 12 heteroatoms. The number of anilines is 1. The highest BCUT2D eigenvalue weighted by Crippen LogP contribution is 2.24. The number of benzene rings is 1. The van der Waals surface area contributed by atoms with E-state index in [1.54, 1.807) is 45.9 Å². The summed E-state index contributed by atoms with van der Waals surface area (Å²) in [5, 5.41) is 12.2. The minimum atomic E-state index is -4.23. The van der Waals surface area contributed by atoms with E-state index in [-0.39, 0.29) is 11.8 Å². The molecule has 1 atom stereocenters. The maximum atomic E-state index is 12.7. The van der Waals surface area contributed by atoms with Crippen LogP contribution in [0.5, 0.6) is 0 Å². The molecule has 0 spiro atoms. The van der Waals surface area contributed by atoms with E-state index in [0.29, 0.717) is 22.7 Å². The van der Waals surface area contributed by atoms with Crippen LogP contribution in [0.15, 0.2) is 27.8 Å². The molecule has 1 unspecified atom stereocenters. The molecule has 1 aromatic heterocycles. The summed E-state index contributed by atoms with van der Waals surface area (Å²) in [6.45, 7) is 10.7. The van der Waals surface area contributed by atoms with E-state index in [1.165, 1.54) is 0 Å². The molecule has 0 aliphatic carbocycles. The maximum Gasteiger partial charge on any atom is 0.408 e. The second-order valence-electron chi connectivity index (χ2n) is 8.95. The van der Waals surface area contributed by atoms with Crippen LogP contribution in [0.4, 0.5) is 10.5 Å². The molecule has 10 nitrogen and oxygen atoms in total. The fourth-order valence-corrected chi connectivity index (χ4v) is 3.89. The Morgan fingerprint density at radius 3 is 2.48 bits per heavy atom. The van der Waals surface area contributed by atoms with Gasteiger partial charge in [-0.2, -0.15) is 0 Å². The topological polar surface area (TPSA) is 140 Å². The van der Waals surface area contributed by atoms with Crippen LogP contribution in [0.25, 0.3) is 0 Å². The van der Waals surface area contributed by atoms with Crippen LogP contribution in [0, 0.1) is 12.8 Å². The number of aromatic nitrogens is 2. The van der Waals surface area contributed by atoms with Crippen molar-refractivity contribution in [3.05, 3.63) is 34.7 Å². The maximum absolute atomic E-state index is 12.7. The van der Waals surface area contributed by atoms with Gasteiger partial charge in [-0.3, -0.25) is 4.79 Å². The third-order valence-electron chi connectivity index (χ3n) is 4.25. The summed E-state index contributed by atoms with van der Waals surface area (Å²) in [5.74, 6) is -1.68. The number of halogens is 1. The number of alkyl carbamates (subject to hydrolysis) is 1. The predicted molar refractivity (Wildman–Crippen MR) is 123 cm³/mol. The van der Waals surface area contributed by atoms with E-state index < -0.39 is 44.5 Å². The molecule has 0 aliphatic heterocycles. The van der Waals surface area contributed by atoms with E-state index in [4.69, 9.17) is 20.8 Å². The largest absolute Gasteiger partial charge is 0.444 e. The van der Waals surface area contributed by atoms with Gasteiger partial charge in [-0.25, -0.2) is 13.2 Å². The van der Waals surface area contributed by atoms with E-state index in [0.717, 1.165) is 0 Å². The first-order valence-corrected chi connectivity index (χ1v) is 12.3. The summed E-state index contributed by atoms with van der Waals surface area (Å²) < 4.78 is 35.9. The van der Waals surface area contributed by atoms with E-state index in [1.807, 2.05) is 13.8 Å². The van der Waals surface area contributed by atoms with Gasteiger partial charge in [0, 0.05) is 10.7 Å². The van der Waals surface area contributed by atoms with Crippen molar-refractivity contribution in [2.75, 3.05) is 11.1 Å². The first kappa shape index (κ1) is 26.6. The lowest BCUT2D eigenvalue weighted by Gasteiger charge is -2.22. The monoisotopic (exact) mass is 500 g/mol. The van der Waals surface area contributed by atoms with Gasteiger partial charge in [-0.15, -0.1) is 5.10 Å². The number of nitrogens with one attached hydrogen (secondary N) is 2. The number of hydrogen-bond acceptors (Lipinski definition) is 8. The number of carbonyl (C=O) groups excluding carboxylic acids is 2. The zero-order valence-corrected chi connectivity index (χ0v) is 21.0. The van der Waals surface area contributed by atoms with Crippen LogP contribution in [-0.4, -0.2) is 42.0 Å². The molecule has 0 bridgehead atoms. The zero-order valence-electron chi connectivity index (χ0n) is 19.4. The van der Waals surface area contributed by atoms with Gasteiger partial charge in [-0.1, -0.05) is 36.6 Å². The Hall–Kier alpha value is -2.66. The van der Waals surface area contributed by atoms with Gasteiger partial charge in [-0.05, 0) is 57.7 Å². The predicted octanol–water partition coefficient (Wildman–Crippen LogP) is 4.06. The van der Waals surface area contributed by atoms with Gasteiger partial charge in [0.25, 0.3) is 0 Å². The number of hydrogen-bond donors (Lipinski definition) is 2. The summed E-state index contributed by atoms with van der Waals surface area (Å²) in [7, 11) is -4.23. The second kappa shape index (κ2) is 10.5. The Kier molecular flexibility index (Phi) is 8.47. The van der Waals surface area contributed by atoms with Crippen LogP contribution < -0.4 is 10.6 Å². The molecular formula is C21H29ClN4O6S. The Morgan fingerprint density at radius 1 is 1.21 bits per heavy atom.